The van der Waals surface area contributed by atoms with E-state index in [9.17, 15) is 0 Å². The number of nitrogens with two attached hydrogens (primary N) is 1. The van der Waals surface area contributed by atoms with Gasteiger partial charge >= 0.3 is 0 Å². The van der Waals surface area contributed by atoms with Crippen molar-refractivity contribution in [2.75, 3.05) is 19.8 Å². The van der Waals surface area contributed by atoms with Gasteiger partial charge in [-0.2, -0.15) is 0 Å². The predicted octanol–water partition coefficient (Wildman–Crippen LogP) is 1.76. The summed E-state index contributed by atoms with van der Waals surface area (Å²) < 4.78 is 11.0. The smallest absolute Gasteiger partial charge is 0.162 e. The lowest BCUT2D eigenvalue weighted by Gasteiger charge is -2.33. The zero-order chi connectivity index (χ0) is 10.3. The highest BCUT2D eigenvalue weighted by molar-refractivity contribution is 4.73. The standard InChI is InChI=1S/C10H23NO2/c1-5-12-9(13-6-2)10(3,4)7-8-11/h9H,5-8,11H2,1-4H3. The molecule has 0 saturated heterocycles. The van der Waals surface area contributed by atoms with Crippen molar-refractivity contribution in [1.82, 2.24) is 0 Å². The molecule has 3 nitrogen and oxygen atoms in total. The van der Waals surface area contributed by atoms with Gasteiger partial charge in [0.25, 0.3) is 0 Å². The first-order chi connectivity index (χ1) is 6.08. The van der Waals surface area contributed by atoms with Crippen molar-refractivity contribution in [1.29, 1.82) is 0 Å². The minimum atomic E-state index is -0.133. The molecule has 0 rings (SSSR count). The Kier molecular flexibility index (Phi) is 6.29. The molecule has 0 spiro atoms. The molecule has 0 radical (unpaired) electrons. The van der Waals surface area contributed by atoms with Crippen LogP contribution in [0.3, 0.4) is 0 Å². The highest BCUT2D eigenvalue weighted by atomic mass is 16.7. The van der Waals surface area contributed by atoms with Crippen LogP contribution in [0, 0.1) is 5.41 Å². The fourth-order valence-electron chi connectivity index (χ4n) is 1.29. The quantitative estimate of drug-likeness (QED) is 0.621. The molecule has 0 aromatic rings. The van der Waals surface area contributed by atoms with Crippen LogP contribution in [0.15, 0.2) is 0 Å². The van der Waals surface area contributed by atoms with E-state index in [1.54, 1.807) is 0 Å². The van der Waals surface area contributed by atoms with Crippen molar-refractivity contribution in [3.8, 4) is 0 Å². The van der Waals surface area contributed by atoms with Crippen molar-refractivity contribution < 1.29 is 9.47 Å². The van der Waals surface area contributed by atoms with E-state index in [2.05, 4.69) is 13.8 Å². The molecular formula is C10H23NO2. The van der Waals surface area contributed by atoms with Crippen LogP contribution in [0.2, 0.25) is 0 Å². The van der Waals surface area contributed by atoms with Gasteiger partial charge in [-0.3, -0.25) is 0 Å². The van der Waals surface area contributed by atoms with Gasteiger partial charge in [-0.1, -0.05) is 13.8 Å². The Hall–Kier alpha value is -0.120. The summed E-state index contributed by atoms with van der Waals surface area (Å²) in [6, 6.07) is 0. The molecule has 0 aliphatic rings. The SMILES string of the molecule is CCOC(OCC)C(C)(C)CCN. The zero-order valence-corrected chi connectivity index (χ0v) is 9.30. The van der Waals surface area contributed by atoms with Crippen molar-refractivity contribution in [2.45, 2.75) is 40.4 Å². The topological polar surface area (TPSA) is 44.5 Å². The van der Waals surface area contributed by atoms with Gasteiger partial charge in [0.05, 0.1) is 0 Å². The summed E-state index contributed by atoms with van der Waals surface area (Å²) in [6.45, 7) is 10.2. The van der Waals surface area contributed by atoms with Crippen molar-refractivity contribution in [3.05, 3.63) is 0 Å². The van der Waals surface area contributed by atoms with Crippen LogP contribution in [0.1, 0.15) is 34.1 Å². The van der Waals surface area contributed by atoms with E-state index in [4.69, 9.17) is 15.2 Å². The summed E-state index contributed by atoms with van der Waals surface area (Å²) in [6.07, 6.45) is 0.781. The van der Waals surface area contributed by atoms with Gasteiger partial charge in [-0.25, -0.2) is 0 Å². The largest absolute Gasteiger partial charge is 0.352 e. The lowest BCUT2D eigenvalue weighted by atomic mass is 9.88. The Balaban J connectivity index is 4.13. The van der Waals surface area contributed by atoms with Crippen molar-refractivity contribution >= 4 is 0 Å². The third-order valence-corrected chi connectivity index (χ3v) is 2.06. The Labute approximate surface area is 81.6 Å². The van der Waals surface area contributed by atoms with Crippen molar-refractivity contribution in [2.24, 2.45) is 11.1 Å². The average molecular weight is 189 g/mol. The molecule has 0 aliphatic carbocycles. The highest BCUT2D eigenvalue weighted by Crippen LogP contribution is 2.27. The monoisotopic (exact) mass is 189 g/mol. The second kappa shape index (κ2) is 6.35. The maximum atomic E-state index is 5.53. The first-order valence-electron chi connectivity index (χ1n) is 5.01. The Bertz CT molecular complexity index is 120. The Morgan fingerprint density at radius 1 is 1.15 bits per heavy atom. The summed E-state index contributed by atoms with van der Waals surface area (Å²) in [5, 5.41) is 0. The van der Waals surface area contributed by atoms with Crippen LogP contribution in [0.4, 0.5) is 0 Å². The summed E-state index contributed by atoms with van der Waals surface area (Å²) in [4.78, 5) is 0. The molecule has 0 saturated carbocycles. The van der Waals surface area contributed by atoms with E-state index >= 15 is 0 Å². The summed E-state index contributed by atoms with van der Waals surface area (Å²) >= 11 is 0. The fourth-order valence-corrected chi connectivity index (χ4v) is 1.29. The zero-order valence-electron chi connectivity index (χ0n) is 9.30. The van der Waals surface area contributed by atoms with Crippen LogP contribution < -0.4 is 5.73 Å². The second-order valence-electron chi connectivity index (χ2n) is 3.77. The lowest BCUT2D eigenvalue weighted by Crippen LogP contribution is -2.36. The molecule has 2 N–H and O–H groups in total. The normalized spacial score (nSPS) is 12.5. The summed E-state index contributed by atoms with van der Waals surface area (Å²) in [5.41, 5.74) is 5.53. The molecule has 0 heterocycles. The number of ether oxygens (including phenoxy) is 2. The third-order valence-electron chi connectivity index (χ3n) is 2.06. The maximum absolute atomic E-state index is 5.53. The first kappa shape index (κ1) is 12.9. The van der Waals surface area contributed by atoms with Gasteiger partial charge in [-0.15, -0.1) is 0 Å². The minimum Gasteiger partial charge on any atom is -0.352 e. The number of hydrogen-bond donors (Lipinski definition) is 1. The van der Waals surface area contributed by atoms with E-state index in [1.807, 2.05) is 13.8 Å². The van der Waals surface area contributed by atoms with Crippen LogP contribution in [-0.2, 0) is 9.47 Å². The molecule has 0 bridgehead atoms. The van der Waals surface area contributed by atoms with Gasteiger partial charge in [0.1, 0.15) is 0 Å². The molecule has 80 valence electrons. The molecule has 3 heteroatoms. The molecular weight excluding hydrogens is 166 g/mol. The molecule has 0 amide bonds. The minimum absolute atomic E-state index is 0.000764. The Morgan fingerprint density at radius 3 is 1.92 bits per heavy atom. The van der Waals surface area contributed by atoms with Crippen LogP contribution in [0.25, 0.3) is 0 Å². The van der Waals surface area contributed by atoms with Gasteiger partial charge in [0.2, 0.25) is 0 Å². The predicted molar refractivity (Wildman–Crippen MR) is 54.5 cm³/mol. The van der Waals surface area contributed by atoms with E-state index in [0.717, 1.165) is 6.42 Å². The van der Waals surface area contributed by atoms with E-state index in [-0.39, 0.29) is 11.7 Å². The molecule has 0 aromatic heterocycles. The van der Waals surface area contributed by atoms with Gasteiger partial charge in [0.15, 0.2) is 6.29 Å². The van der Waals surface area contributed by atoms with Gasteiger partial charge in [-0.05, 0) is 26.8 Å². The molecule has 0 aliphatic heterocycles. The molecule has 13 heavy (non-hydrogen) atoms. The third kappa shape index (κ3) is 4.60. The van der Waals surface area contributed by atoms with Crippen LogP contribution >= 0.6 is 0 Å². The molecule has 0 atom stereocenters. The number of rotatable bonds is 7. The highest BCUT2D eigenvalue weighted by Gasteiger charge is 2.29. The molecule has 0 aromatic carbocycles. The van der Waals surface area contributed by atoms with E-state index < -0.39 is 0 Å². The average Bonchev–Trinajstić information content (AvgIpc) is 2.04. The molecule has 0 unspecified atom stereocenters. The van der Waals surface area contributed by atoms with Crippen molar-refractivity contribution in [3.63, 3.8) is 0 Å². The van der Waals surface area contributed by atoms with Gasteiger partial charge < -0.3 is 15.2 Å². The number of hydrogen-bond acceptors (Lipinski definition) is 3. The van der Waals surface area contributed by atoms with Crippen LogP contribution in [0.5, 0.6) is 0 Å². The van der Waals surface area contributed by atoms with E-state index in [1.165, 1.54) is 0 Å². The summed E-state index contributed by atoms with van der Waals surface area (Å²) in [5.74, 6) is 0. The molecule has 0 fully saturated rings. The lowest BCUT2D eigenvalue weighted by molar-refractivity contribution is -0.195. The fraction of sp³-hybridized carbons (Fsp3) is 1.00. The van der Waals surface area contributed by atoms with Gasteiger partial charge in [0, 0.05) is 18.6 Å². The Morgan fingerprint density at radius 2 is 1.62 bits per heavy atom. The maximum Gasteiger partial charge on any atom is 0.162 e. The second-order valence-corrected chi connectivity index (χ2v) is 3.77. The summed E-state index contributed by atoms with van der Waals surface area (Å²) in [7, 11) is 0. The van der Waals surface area contributed by atoms with E-state index in [0.29, 0.717) is 19.8 Å². The first-order valence-corrected chi connectivity index (χ1v) is 5.01. The van der Waals surface area contributed by atoms with Crippen LogP contribution in [-0.4, -0.2) is 26.0 Å².